The first-order valence-corrected chi connectivity index (χ1v) is 6.78. The molecule has 1 saturated heterocycles. The predicted molar refractivity (Wildman–Crippen MR) is 72.1 cm³/mol. The number of nitrogens with one attached hydrogen (secondary N) is 1. The Morgan fingerprint density at radius 2 is 2.14 bits per heavy atom. The van der Waals surface area contributed by atoms with Gasteiger partial charge in [-0.05, 0) is 13.1 Å². The van der Waals surface area contributed by atoms with E-state index >= 15 is 0 Å². The fourth-order valence-electron chi connectivity index (χ4n) is 2.23. The first-order chi connectivity index (χ1) is 9.94. The molecule has 1 atom stereocenters. The van der Waals surface area contributed by atoms with Crippen molar-refractivity contribution in [3.05, 3.63) is 29.8 Å². The molecular weight excluding hydrogens is 285 g/mol. The molecular formula is C14H19F3N2O2. The molecule has 1 aliphatic heterocycles. The summed E-state index contributed by atoms with van der Waals surface area (Å²) in [5.41, 5.74) is 0.471. The predicted octanol–water partition coefficient (Wildman–Crippen LogP) is 2.01. The maximum Gasteiger partial charge on any atom is 0.573 e. The van der Waals surface area contributed by atoms with E-state index in [1.165, 1.54) is 12.1 Å². The number of morpholine rings is 1. The lowest BCUT2D eigenvalue weighted by Gasteiger charge is -2.30. The summed E-state index contributed by atoms with van der Waals surface area (Å²) in [6, 6.07) is 6.13. The van der Waals surface area contributed by atoms with Crippen LogP contribution in [0.25, 0.3) is 0 Å². The van der Waals surface area contributed by atoms with Gasteiger partial charge >= 0.3 is 6.36 Å². The summed E-state index contributed by atoms with van der Waals surface area (Å²) >= 11 is 0. The zero-order valence-corrected chi connectivity index (χ0v) is 11.8. The van der Waals surface area contributed by atoms with Crippen LogP contribution in [0, 0.1) is 0 Å². The second-order valence-corrected chi connectivity index (χ2v) is 5.04. The number of hydrogen-bond acceptors (Lipinski definition) is 4. The first kappa shape index (κ1) is 16.1. The van der Waals surface area contributed by atoms with Crippen molar-refractivity contribution in [2.45, 2.75) is 19.0 Å². The SMILES string of the molecule is CN1CCO[C@@H](CNCc2ccccc2OC(F)(F)F)C1. The fourth-order valence-corrected chi connectivity index (χ4v) is 2.23. The van der Waals surface area contributed by atoms with Crippen molar-refractivity contribution in [1.29, 1.82) is 0 Å². The third kappa shape index (κ3) is 5.53. The number of likely N-dealkylation sites (N-methyl/N-ethyl adjacent to an activating group) is 1. The van der Waals surface area contributed by atoms with Crippen LogP contribution >= 0.6 is 0 Å². The van der Waals surface area contributed by atoms with E-state index in [0.717, 1.165) is 13.1 Å². The maximum atomic E-state index is 12.3. The van der Waals surface area contributed by atoms with Crippen molar-refractivity contribution in [1.82, 2.24) is 10.2 Å². The summed E-state index contributed by atoms with van der Waals surface area (Å²) < 4.78 is 46.5. The zero-order chi connectivity index (χ0) is 15.3. The van der Waals surface area contributed by atoms with Crippen molar-refractivity contribution >= 4 is 0 Å². The molecule has 0 unspecified atom stereocenters. The van der Waals surface area contributed by atoms with Crippen LogP contribution in [0.15, 0.2) is 24.3 Å². The van der Waals surface area contributed by atoms with Crippen molar-refractivity contribution < 1.29 is 22.6 Å². The number of hydrogen-bond donors (Lipinski definition) is 1. The normalized spacial score (nSPS) is 20.5. The lowest BCUT2D eigenvalue weighted by Crippen LogP contribution is -2.44. The van der Waals surface area contributed by atoms with Crippen LogP contribution in [0.4, 0.5) is 13.2 Å². The first-order valence-electron chi connectivity index (χ1n) is 6.78. The Morgan fingerprint density at radius 1 is 1.38 bits per heavy atom. The van der Waals surface area contributed by atoms with Crippen molar-refractivity contribution in [2.24, 2.45) is 0 Å². The molecule has 4 nitrogen and oxygen atoms in total. The molecule has 0 radical (unpaired) electrons. The van der Waals surface area contributed by atoms with E-state index in [-0.39, 0.29) is 11.9 Å². The third-order valence-electron chi connectivity index (χ3n) is 3.23. The van der Waals surface area contributed by atoms with Crippen molar-refractivity contribution in [3.8, 4) is 5.75 Å². The third-order valence-corrected chi connectivity index (χ3v) is 3.23. The van der Waals surface area contributed by atoms with E-state index in [1.807, 2.05) is 7.05 Å². The monoisotopic (exact) mass is 304 g/mol. The summed E-state index contributed by atoms with van der Waals surface area (Å²) in [6.45, 7) is 3.28. The largest absolute Gasteiger partial charge is 0.573 e. The van der Waals surface area contributed by atoms with E-state index in [4.69, 9.17) is 4.74 Å². The summed E-state index contributed by atoms with van der Waals surface area (Å²) in [5.74, 6) is -0.167. The average Bonchev–Trinajstić information content (AvgIpc) is 2.39. The molecule has 1 N–H and O–H groups in total. The Kier molecular flexibility index (Phi) is 5.44. The number of benzene rings is 1. The summed E-state index contributed by atoms with van der Waals surface area (Å²) in [6.07, 6.45) is -4.62. The maximum absolute atomic E-state index is 12.3. The summed E-state index contributed by atoms with van der Waals surface area (Å²) in [7, 11) is 2.02. The minimum atomic E-state index is -4.68. The Labute approximate surface area is 121 Å². The molecule has 118 valence electrons. The molecule has 1 aromatic carbocycles. The van der Waals surface area contributed by atoms with Crippen LogP contribution in [-0.4, -0.2) is 50.7 Å². The van der Waals surface area contributed by atoms with E-state index in [2.05, 4.69) is 15.0 Å². The van der Waals surface area contributed by atoms with Gasteiger partial charge in [-0.25, -0.2) is 0 Å². The van der Waals surface area contributed by atoms with Gasteiger partial charge in [-0.1, -0.05) is 18.2 Å². The Bertz CT molecular complexity index is 454. The molecule has 0 spiro atoms. The summed E-state index contributed by atoms with van der Waals surface area (Å²) in [5, 5.41) is 3.12. The van der Waals surface area contributed by atoms with Gasteiger partial charge in [0.15, 0.2) is 0 Å². The molecule has 0 amide bonds. The molecule has 1 aromatic rings. The second kappa shape index (κ2) is 7.11. The number of halogens is 3. The van der Waals surface area contributed by atoms with Crippen LogP contribution in [0.5, 0.6) is 5.75 Å². The highest BCUT2D eigenvalue weighted by atomic mass is 19.4. The van der Waals surface area contributed by atoms with E-state index < -0.39 is 6.36 Å². The number of nitrogens with zero attached hydrogens (tertiary/aromatic N) is 1. The van der Waals surface area contributed by atoms with Gasteiger partial charge in [0.05, 0.1) is 12.7 Å². The quantitative estimate of drug-likeness (QED) is 0.902. The number of alkyl halides is 3. The molecule has 0 saturated carbocycles. The van der Waals surface area contributed by atoms with Gasteiger partial charge in [0.2, 0.25) is 0 Å². The standard InChI is InChI=1S/C14H19F3N2O2/c1-19-6-7-20-12(10-19)9-18-8-11-4-2-3-5-13(11)21-14(15,16)17/h2-5,12,18H,6-10H2,1H3/t12-/m0/s1. The highest BCUT2D eigenvalue weighted by Crippen LogP contribution is 2.26. The van der Waals surface area contributed by atoms with Crippen LogP contribution in [0.1, 0.15) is 5.56 Å². The molecule has 7 heteroatoms. The second-order valence-electron chi connectivity index (χ2n) is 5.04. The van der Waals surface area contributed by atoms with Gasteiger partial charge in [0.25, 0.3) is 0 Å². The van der Waals surface area contributed by atoms with Crippen molar-refractivity contribution in [3.63, 3.8) is 0 Å². The van der Waals surface area contributed by atoms with Gasteiger partial charge in [-0.2, -0.15) is 0 Å². The van der Waals surface area contributed by atoms with Crippen LogP contribution in [0.3, 0.4) is 0 Å². The highest BCUT2D eigenvalue weighted by Gasteiger charge is 2.31. The van der Waals surface area contributed by atoms with Crippen molar-refractivity contribution in [2.75, 3.05) is 33.3 Å². The topological polar surface area (TPSA) is 33.7 Å². The van der Waals surface area contributed by atoms with Crippen LogP contribution in [0.2, 0.25) is 0 Å². The molecule has 0 aromatic heterocycles. The number of rotatable bonds is 5. The lowest BCUT2D eigenvalue weighted by atomic mass is 10.2. The minimum absolute atomic E-state index is 0.0550. The van der Waals surface area contributed by atoms with Gasteiger partial charge in [-0.3, -0.25) is 0 Å². The van der Waals surface area contributed by atoms with Crippen LogP contribution < -0.4 is 10.1 Å². The molecule has 21 heavy (non-hydrogen) atoms. The highest BCUT2D eigenvalue weighted by molar-refractivity contribution is 5.33. The average molecular weight is 304 g/mol. The lowest BCUT2D eigenvalue weighted by molar-refractivity contribution is -0.274. The molecule has 1 fully saturated rings. The number of para-hydroxylation sites is 1. The minimum Gasteiger partial charge on any atom is -0.405 e. The summed E-state index contributed by atoms with van der Waals surface area (Å²) in [4.78, 5) is 2.16. The Balaban J connectivity index is 1.85. The van der Waals surface area contributed by atoms with Gasteiger partial charge in [0.1, 0.15) is 5.75 Å². The van der Waals surface area contributed by atoms with Crippen LogP contribution in [-0.2, 0) is 11.3 Å². The molecule has 0 bridgehead atoms. The molecule has 1 heterocycles. The Hall–Kier alpha value is -1.31. The Morgan fingerprint density at radius 3 is 2.86 bits per heavy atom. The van der Waals surface area contributed by atoms with Gasteiger partial charge < -0.3 is 19.7 Å². The molecule has 2 rings (SSSR count). The number of ether oxygens (including phenoxy) is 2. The van der Waals surface area contributed by atoms with Gasteiger partial charge in [-0.15, -0.1) is 13.2 Å². The van der Waals surface area contributed by atoms with E-state index in [0.29, 0.717) is 25.3 Å². The molecule has 0 aliphatic carbocycles. The van der Waals surface area contributed by atoms with E-state index in [1.54, 1.807) is 12.1 Å². The molecule has 1 aliphatic rings. The van der Waals surface area contributed by atoms with Gasteiger partial charge in [0, 0.05) is 31.7 Å². The zero-order valence-electron chi connectivity index (χ0n) is 11.8. The fraction of sp³-hybridized carbons (Fsp3) is 0.571. The van der Waals surface area contributed by atoms with E-state index in [9.17, 15) is 13.2 Å². The smallest absolute Gasteiger partial charge is 0.405 e.